The van der Waals surface area contributed by atoms with Gasteiger partial charge in [-0.1, -0.05) is 24.3 Å². The Balaban J connectivity index is 0.00000264. The minimum atomic E-state index is -4.52. The third kappa shape index (κ3) is 5.51. The van der Waals surface area contributed by atoms with Gasteiger partial charge in [-0.15, -0.1) is 31.4 Å². The summed E-state index contributed by atoms with van der Waals surface area (Å²) in [6.07, 6.45) is -6.80. The van der Waals surface area contributed by atoms with E-state index >= 15 is 0 Å². The monoisotopic (exact) mass is 390 g/mol. The molecule has 2 rings (SSSR count). The quantitative estimate of drug-likeness (QED) is 0.588. The third-order valence-electron chi connectivity index (χ3n) is 3.51. The lowest BCUT2D eigenvalue weighted by Gasteiger charge is -2.34. The summed E-state index contributed by atoms with van der Waals surface area (Å²) in [5, 5.41) is 3.19. The molecule has 1 atom stereocenters. The lowest BCUT2D eigenvalue weighted by molar-refractivity contribution is -0.253. The maximum atomic E-state index is 13.2. The number of hydrogen-bond acceptors (Lipinski definition) is 3. The molecule has 1 heterocycles. The van der Waals surface area contributed by atoms with E-state index < -0.39 is 12.5 Å². The topological polar surface area (TPSA) is 24.5 Å². The van der Waals surface area contributed by atoms with Gasteiger partial charge < -0.3 is 10.1 Å². The maximum Gasteiger partial charge on any atom is 0.461 e. The SMILES string of the molecule is C=C[C@H](c1ccccc1OC(F)(F)C(F)F)N1CCNCC1.Cl.Cl. The summed E-state index contributed by atoms with van der Waals surface area (Å²) >= 11 is 0. The van der Waals surface area contributed by atoms with E-state index in [0.717, 1.165) is 13.1 Å². The van der Waals surface area contributed by atoms with Crippen LogP contribution in [-0.2, 0) is 0 Å². The van der Waals surface area contributed by atoms with Crippen molar-refractivity contribution in [2.45, 2.75) is 18.6 Å². The van der Waals surface area contributed by atoms with E-state index in [1.54, 1.807) is 18.2 Å². The van der Waals surface area contributed by atoms with Gasteiger partial charge in [0.15, 0.2) is 0 Å². The van der Waals surface area contributed by atoms with Crippen molar-refractivity contribution in [2.75, 3.05) is 26.2 Å². The Kier molecular flexibility index (Phi) is 9.65. The van der Waals surface area contributed by atoms with Gasteiger partial charge in [-0.2, -0.15) is 17.6 Å². The second-order valence-corrected chi connectivity index (χ2v) is 4.97. The van der Waals surface area contributed by atoms with Crippen molar-refractivity contribution in [1.29, 1.82) is 0 Å². The average molecular weight is 391 g/mol. The number of ether oxygens (including phenoxy) is 1. The second kappa shape index (κ2) is 10.1. The first-order valence-corrected chi connectivity index (χ1v) is 6.97. The summed E-state index contributed by atoms with van der Waals surface area (Å²) in [4.78, 5) is 2.03. The number of halogens is 6. The Morgan fingerprint density at radius 3 is 2.29 bits per heavy atom. The second-order valence-electron chi connectivity index (χ2n) is 4.97. The van der Waals surface area contributed by atoms with E-state index in [-0.39, 0.29) is 36.6 Å². The fraction of sp³-hybridized carbons (Fsp3) is 0.467. The van der Waals surface area contributed by atoms with Crippen molar-refractivity contribution in [1.82, 2.24) is 10.2 Å². The van der Waals surface area contributed by atoms with Crippen LogP contribution < -0.4 is 10.1 Å². The van der Waals surface area contributed by atoms with Crippen LogP contribution in [0.1, 0.15) is 11.6 Å². The van der Waals surface area contributed by atoms with Crippen LogP contribution in [0, 0.1) is 0 Å². The highest BCUT2D eigenvalue weighted by Crippen LogP contribution is 2.35. The van der Waals surface area contributed by atoms with Crippen LogP contribution in [0.15, 0.2) is 36.9 Å². The van der Waals surface area contributed by atoms with Crippen LogP contribution in [0.3, 0.4) is 0 Å². The number of piperazine rings is 1. The van der Waals surface area contributed by atoms with Gasteiger partial charge in [-0.05, 0) is 6.07 Å². The Morgan fingerprint density at radius 1 is 1.17 bits per heavy atom. The van der Waals surface area contributed by atoms with Crippen LogP contribution in [0.25, 0.3) is 0 Å². The van der Waals surface area contributed by atoms with E-state index in [2.05, 4.69) is 16.6 Å². The van der Waals surface area contributed by atoms with Crippen molar-refractivity contribution in [3.8, 4) is 5.75 Å². The largest absolute Gasteiger partial charge is 0.461 e. The van der Waals surface area contributed by atoms with Gasteiger partial charge in [0.1, 0.15) is 5.75 Å². The number of benzene rings is 1. The molecule has 0 aromatic heterocycles. The summed E-state index contributed by atoms with van der Waals surface area (Å²) in [5.74, 6) is -0.253. The van der Waals surface area contributed by atoms with E-state index in [4.69, 9.17) is 0 Å². The molecule has 1 aromatic carbocycles. The Bertz CT molecular complexity index is 514. The standard InChI is InChI=1S/C15H18F4N2O.2ClH/c1-2-12(21-9-7-20-8-10-21)11-5-3-4-6-13(11)22-15(18,19)14(16)17;;/h2-6,12,14,20H,1,7-10H2;2*1H/t12-;;/m1../s1. The van der Waals surface area contributed by atoms with E-state index in [0.29, 0.717) is 18.7 Å². The molecular weight excluding hydrogens is 371 g/mol. The first-order chi connectivity index (χ1) is 10.5. The van der Waals surface area contributed by atoms with Crippen molar-refractivity contribution in [2.24, 2.45) is 0 Å². The zero-order chi connectivity index (χ0) is 16.2. The zero-order valence-electron chi connectivity index (χ0n) is 12.8. The van der Waals surface area contributed by atoms with Crippen LogP contribution in [0.4, 0.5) is 17.6 Å². The fourth-order valence-electron chi connectivity index (χ4n) is 2.44. The molecule has 24 heavy (non-hydrogen) atoms. The number of rotatable bonds is 6. The van der Waals surface area contributed by atoms with Crippen molar-refractivity contribution >= 4 is 24.8 Å². The predicted octanol–water partition coefficient (Wildman–Crippen LogP) is 3.90. The molecule has 1 aromatic rings. The Labute approximate surface area is 150 Å². The van der Waals surface area contributed by atoms with Crippen LogP contribution in [-0.4, -0.2) is 43.6 Å². The number of alkyl halides is 4. The molecule has 0 aliphatic carbocycles. The predicted molar refractivity (Wildman–Crippen MR) is 89.9 cm³/mol. The summed E-state index contributed by atoms with van der Waals surface area (Å²) < 4.78 is 55.4. The number of para-hydroxylation sites is 1. The van der Waals surface area contributed by atoms with Crippen molar-refractivity contribution < 1.29 is 22.3 Å². The number of nitrogens with zero attached hydrogens (tertiary/aromatic N) is 1. The third-order valence-corrected chi connectivity index (χ3v) is 3.51. The lowest BCUT2D eigenvalue weighted by Crippen LogP contribution is -2.44. The molecule has 9 heteroatoms. The van der Waals surface area contributed by atoms with Crippen molar-refractivity contribution in [3.05, 3.63) is 42.5 Å². The highest BCUT2D eigenvalue weighted by atomic mass is 35.5. The molecule has 1 fully saturated rings. The first-order valence-electron chi connectivity index (χ1n) is 6.97. The first kappa shape index (κ1) is 23.0. The summed E-state index contributed by atoms with van der Waals surface area (Å²) in [5.41, 5.74) is 0.403. The van der Waals surface area contributed by atoms with Gasteiger partial charge >= 0.3 is 12.5 Å². The molecule has 0 amide bonds. The number of hydrogen-bond donors (Lipinski definition) is 1. The van der Waals surface area contributed by atoms with Crippen LogP contribution in [0.5, 0.6) is 5.75 Å². The molecule has 0 unspecified atom stereocenters. The lowest BCUT2D eigenvalue weighted by atomic mass is 10.0. The summed E-state index contributed by atoms with van der Waals surface area (Å²) in [6.45, 7) is 6.67. The highest BCUT2D eigenvalue weighted by Gasteiger charge is 2.44. The zero-order valence-corrected chi connectivity index (χ0v) is 14.4. The van der Waals surface area contributed by atoms with Crippen molar-refractivity contribution in [3.63, 3.8) is 0 Å². The fourth-order valence-corrected chi connectivity index (χ4v) is 2.44. The normalized spacial score (nSPS) is 16.7. The smallest absolute Gasteiger partial charge is 0.428 e. The molecule has 1 saturated heterocycles. The Hall–Kier alpha value is -1.02. The molecule has 1 aliphatic rings. The minimum absolute atomic E-state index is 0. The van der Waals surface area contributed by atoms with Crippen LogP contribution >= 0.6 is 24.8 Å². The molecule has 138 valence electrons. The van der Waals surface area contributed by atoms with Gasteiger partial charge in [0.2, 0.25) is 0 Å². The minimum Gasteiger partial charge on any atom is -0.428 e. The van der Waals surface area contributed by atoms with E-state index in [1.165, 1.54) is 12.1 Å². The van der Waals surface area contributed by atoms with Gasteiger partial charge in [0, 0.05) is 31.7 Å². The molecule has 0 saturated carbocycles. The summed E-state index contributed by atoms with van der Waals surface area (Å²) in [7, 11) is 0. The van der Waals surface area contributed by atoms with Gasteiger partial charge in [0.05, 0.1) is 6.04 Å². The average Bonchev–Trinajstić information content (AvgIpc) is 2.50. The van der Waals surface area contributed by atoms with E-state index in [1.807, 2.05) is 4.90 Å². The van der Waals surface area contributed by atoms with Gasteiger partial charge in [-0.25, -0.2) is 0 Å². The molecular formula is C15H20Cl2F4N2O. The highest BCUT2D eigenvalue weighted by molar-refractivity contribution is 5.85. The van der Waals surface area contributed by atoms with Gasteiger partial charge in [0.25, 0.3) is 0 Å². The Morgan fingerprint density at radius 2 is 1.75 bits per heavy atom. The van der Waals surface area contributed by atoms with Gasteiger partial charge in [-0.3, -0.25) is 4.90 Å². The maximum absolute atomic E-state index is 13.2. The van der Waals surface area contributed by atoms with E-state index in [9.17, 15) is 17.6 Å². The molecule has 0 radical (unpaired) electrons. The summed E-state index contributed by atoms with van der Waals surface area (Å²) in [6, 6.07) is 5.61. The molecule has 3 nitrogen and oxygen atoms in total. The molecule has 1 N–H and O–H groups in total. The molecule has 1 aliphatic heterocycles. The van der Waals surface area contributed by atoms with Crippen LogP contribution in [0.2, 0.25) is 0 Å². The molecule has 0 spiro atoms. The molecule has 0 bridgehead atoms. The number of nitrogens with one attached hydrogen (secondary N) is 1.